The van der Waals surface area contributed by atoms with Crippen LogP contribution in [-0.4, -0.2) is 65.8 Å². The summed E-state index contributed by atoms with van der Waals surface area (Å²) in [5, 5.41) is 3.34. The van der Waals surface area contributed by atoms with Crippen LogP contribution in [0.4, 0.5) is 0 Å². The molecule has 2 aliphatic rings. The number of primary amides is 1. The van der Waals surface area contributed by atoms with Gasteiger partial charge in [-0.2, -0.15) is 0 Å². The maximum Gasteiger partial charge on any atom is 0.245 e. The summed E-state index contributed by atoms with van der Waals surface area (Å²) in [5.41, 5.74) is 5.31. The average Bonchev–Trinajstić information content (AvgIpc) is 2.65. The summed E-state index contributed by atoms with van der Waals surface area (Å²) in [6.45, 7) is 10.9. The van der Waals surface area contributed by atoms with Crippen LogP contribution >= 0.6 is 0 Å². The second kappa shape index (κ2) is 10.2. The molecule has 2 aliphatic heterocycles. The molecule has 0 unspecified atom stereocenters. The Morgan fingerprint density at radius 3 is 2.36 bits per heavy atom. The highest BCUT2D eigenvalue weighted by Gasteiger charge is 2.40. The lowest BCUT2D eigenvalue weighted by atomic mass is 9.91. The minimum absolute atomic E-state index is 0.0585. The van der Waals surface area contributed by atoms with Crippen molar-refractivity contribution in [2.24, 2.45) is 23.5 Å². The number of piperidine rings is 1. The number of carbonyl (C=O) groups excluding carboxylic acids is 3. The predicted octanol–water partition coefficient (Wildman–Crippen LogP) is 1.36. The number of carbonyl (C=O) groups is 3. The van der Waals surface area contributed by atoms with Crippen LogP contribution in [0.1, 0.15) is 59.8 Å². The fraction of sp³-hybridized carbons (Fsp3) is 0.857. The van der Waals surface area contributed by atoms with E-state index in [0.29, 0.717) is 38.4 Å². The van der Waals surface area contributed by atoms with E-state index in [1.54, 1.807) is 0 Å². The number of rotatable bonds is 8. The van der Waals surface area contributed by atoms with E-state index in [1.807, 2.05) is 9.80 Å². The molecule has 160 valence electrons. The van der Waals surface area contributed by atoms with Crippen LogP contribution in [0.15, 0.2) is 0 Å². The third-order valence-corrected chi connectivity index (χ3v) is 6.25. The molecular weight excluding hydrogens is 356 g/mol. The van der Waals surface area contributed by atoms with Gasteiger partial charge in [-0.05, 0) is 37.0 Å². The van der Waals surface area contributed by atoms with Crippen LogP contribution < -0.4 is 11.1 Å². The Morgan fingerprint density at radius 2 is 1.82 bits per heavy atom. The first-order valence-electron chi connectivity index (χ1n) is 10.9. The number of likely N-dealkylation sites (tertiary alicyclic amines) is 1. The van der Waals surface area contributed by atoms with Gasteiger partial charge in [0.25, 0.3) is 0 Å². The van der Waals surface area contributed by atoms with Crippen LogP contribution in [-0.2, 0) is 14.4 Å². The van der Waals surface area contributed by atoms with Gasteiger partial charge in [-0.1, -0.05) is 34.1 Å². The molecule has 0 saturated carbocycles. The Hall–Kier alpha value is -1.63. The van der Waals surface area contributed by atoms with Gasteiger partial charge in [-0.25, -0.2) is 0 Å². The molecule has 0 radical (unpaired) electrons. The summed E-state index contributed by atoms with van der Waals surface area (Å²) in [6, 6.07) is -0.601. The maximum atomic E-state index is 13.4. The van der Waals surface area contributed by atoms with E-state index in [0.717, 1.165) is 25.8 Å². The van der Waals surface area contributed by atoms with Crippen molar-refractivity contribution in [1.29, 1.82) is 0 Å². The number of piperazine rings is 1. The molecule has 7 nitrogen and oxygen atoms in total. The normalized spacial score (nSPS) is 23.8. The lowest BCUT2D eigenvalue weighted by Crippen LogP contribution is -2.63. The average molecular weight is 395 g/mol. The van der Waals surface area contributed by atoms with Gasteiger partial charge in [0.2, 0.25) is 17.7 Å². The van der Waals surface area contributed by atoms with Gasteiger partial charge in [0.1, 0.15) is 6.04 Å². The van der Waals surface area contributed by atoms with Crippen molar-refractivity contribution < 1.29 is 14.4 Å². The van der Waals surface area contributed by atoms with Gasteiger partial charge >= 0.3 is 0 Å². The van der Waals surface area contributed by atoms with E-state index >= 15 is 0 Å². The molecule has 28 heavy (non-hydrogen) atoms. The first-order chi connectivity index (χ1) is 13.2. The molecule has 0 aromatic rings. The number of nitrogens with one attached hydrogen (secondary N) is 1. The molecule has 2 fully saturated rings. The first kappa shape index (κ1) is 22.7. The Balaban J connectivity index is 2.09. The SMILES string of the molecule is CC[C@H](C)[C@@H]1NCCN([C@@H](CC(C)C)C(=O)N2CCC(CC(N)=O)CC2)C1=O. The van der Waals surface area contributed by atoms with Crippen molar-refractivity contribution in [2.45, 2.75) is 71.9 Å². The van der Waals surface area contributed by atoms with Gasteiger partial charge in [-0.15, -0.1) is 0 Å². The zero-order valence-electron chi connectivity index (χ0n) is 17.9. The van der Waals surface area contributed by atoms with Crippen molar-refractivity contribution in [3.05, 3.63) is 0 Å². The lowest BCUT2D eigenvalue weighted by molar-refractivity contribution is -0.151. The Kier molecular flexibility index (Phi) is 8.28. The molecule has 2 heterocycles. The topological polar surface area (TPSA) is 95.7 Å². The van der Waals surface area contributed by atoms with Gasteiger partial charge in [-0.3, -0.25) is 14.4 Å². The van der Waals surface area contributed by atoms with Crippen LogP contribution in [0.25, 0.3) is 0 Å². The number of hydrogen-bond acceptors (Lipinski definition) is 4. The van der Waals surface area contributed by atoms with Crippen LogP contribution in [0.3, 0.4) is 0 Å². The van der Waals surface area contributed by atoms with Gasteiger partial charge in [0.15, 0.2) is 0 Å². The van der Waals surface area contributed by atoms with Crippen LogP contribution in [0.5, 0.6) is 0 Å². The second-order valence-electron chi connectivity index (χ2n) is 8.93. The summed E-state index contributed by atoms with van der Waals surface area (Å²) >= 11 is 0. The molecule has 2 saturated heterocycles. The third-order valence-electron chi connectivity index (χ3n) is 6.25. The van der Waals surface area contributed by atoms with Crippen molar-refractivity contribution in [3.8, 4) is 0 Å². The zero-order valence-corrected chi connectivity index (χ0v) is 17.9. The van der Waals surface area contributed by atoms with E-state index < -0.39 is 6.04 Å². The maximum absolute atomic E-state index is 13.4. The smallest absolute Gasteiger partial charge is 0.245 e. The number of hydrogen-bond donors (Lipinski definition) is 2. The molecule has 3 amide bonds. The predicted molar refractivity (Wildman–Crippen MR) is 109 cm³/mol. The minimum Gasteiger partial charge on any atom is -0.370 e. The lowest BCUT2D eigenvalue weighted by Gasteiger charge is -2.42. The highest BCUT2D eigenvalue weighted by Crippen LogP contribution is 2.25. The summed E-state index contributed by atoms with van der Waals surface area (Å²) in [5.74, 6) is 0.680. The Morgan fingerprint density at radius 1 is 1.18 bits per heavy atom. The zero-order chi connectivity index (χ0) is 20.8. The van der Waals surface area contributed by atoms with Crippen LogP contribution in [0, 0.1) is 17.8 Å². The monoisotopic (exact) mass is 394 g/mol. The van der Waals surface area contributed by atoms with Gasteiger partial charge in [0.05, 0.1) is 6.04 Å². The van der Waals surface area contributed by atoms with E-state index in [2.05, 4.69) is 33.0 Å². The van der Waals surface area contributed by atoms with Crippen molar-refractivity contribution in [2.75, 3.05) is 26.2 Å². The molecule has 0 bridgehead atoms. The first-order valence-corrected chi connectivity index (χ1v) is 10.9. The van der Waals surface area contributed by atoms with Gasteiger partial charge in [0, 0.05) is 32.6 Å². The van der Waals surface area contributed by atoms with Crippen molar-refractivity contribution in [3.63, 3.8) is 0 Å². The minimum atomic E-state index is -0.395. The molecule has 0 aromatic carbocycles. The molecule has 0 aliphatic carbocycles. The fourth-order valence-electron chi connectivity index (χ4n) is 4.37. The molecule has 2 rings (SSSR count). The fourth-order valence-corrected chi connectivity index (χ4v) is 4.37. The molecule has 0 spiro atoms. The molecule has 0 aromatic heterocycles. The summed E-state index contributed by atoms with van der Waals surface area (Å²) in [7, 11) is 0. The number of nitrogens with two attached hydrogens (primary N) is 1. The highest BCUT2D eigenvalue weighted by atomic mass is 16.2. The van der Waals surface area contributed by atoms with Gasteiger partial charge < -0.3 is 20.9 Å². The van der Waals surface area contributed by atoms with E-state index in [1.165, 1.54) is 0 Å². The quantitative estimate of drug-likeness (QED) is 0.650. The van der Waals surface area contributed by atoms with Crippen LogP contribution in [0.2, 0.25) is 0 Å². The standard InChI is InChI=1S/C21H38N4O3/c1-5-15(4)19-21(28)25(11-8-23-19)17(12-14(2)3)20(27)24-9-6-16(7-10-24)13-18(22)26/h14-17,19,23H,5-13H2,1-4H3,(H2,22,26)/t15-,17-,19-/m0/s1. The van der Waals surface area contributed by atoms with E-state index in [4.69, 9.17) is 5.73 Å². The largest absolute Gasteiger partial charge is 0.370 e. The van der Waals surface area contributed by atoms with Crippen molar-refractivity contribution in [1.82, 2.24) is 15.1 Å². The summed E-state index contributed by atoms with van der Waals surface area (Å²) < 4.78 is 0. The molecule has 3 N–H and O–H groups in total. The molecule has 3 atom stereocenters. The second-order valence-corrected chi connectivity index (χ2v) is 8.93. The van der Waals surface area contributed by atoms with E-state index in [9.17, 15) is 14.4 Å². The Bertz CT molecular complexity index is 558. The molecular formula is C21H38N4O3. The van der Waals surface area contributed by atoms with E-state index in [-0.39, 0.29) is 35.6 Å². The number of nitrogens with zero attached hydrogens (tertiary/aromatic N) is 2. The third kappa shape index (κ3) is 5.69. The van der Waals surface area contributed by atoms with Crippen molar-refractivity contribution >= 4 is 17.7 Å². The Labute approximate surface area is 169 Å². The summed E-state index contributed by atoms with van der Waals surface area (Å²) in [6.07, 6.45) is 3.60. The number of amides is 3. The molecule has 7 heteroatoms. The summed E-state index contributed by atoms with van der Waals surface area (Å²) in [4.78, 5) is 41.4. The highest BCUT2D eigenvalue weighted by molar-refractivity contribution is 5.90.